The number of hydrogen-bond donors (Lipinski definition) is 1. The van der Waals surface area contributed by atoms with Crippen LogP contribution in [0.1, 0.15) is 30.7 Å². The molecule has 1 fully saturated rings. The molecule has 1 aliphatic heterocycles. The molecule has 1 N–H and O–H groups in total. The van der Waals surface area contributed by atoms with Crippen molar-refractivity contribution in [2.45, 2.75) is 25.2 Å². The highest BCUT2D eigenvalue weighted by molar-refractivity contribution is 5.10. The molecule has 2 heterocycles. The van der Waals surface area contributed by atoms with Gasteiger partial charge in [-0.15, -0.1) is 0 Å². The Labute approximate surface area is 78.6 Å². The van der Waals surface area contributed by atoms with Crippen molar-refractivity contribution in [3.8, 4) is 0 Å². The van der Waals surface area contributed by atoms with E-state index in [1.54, 1.807) is 6.33 Å². The van der Waals surface area contributed by atoms with Crippen LogP contribution in [0.4, 0.5) is 0 Å². The summed E-state index contributed by atoms with van der Waals surface area (Å²) in [7, 11) is 0. The first-order valence-electron chi connectivity index (χ1n) is 4.92. The molecule has 0 saturated carbocycles. The quantitative estimate of drug-likeness (QED) is 0.703. The van der Waals surface area contributed by atoms with Gasteiger partial charge in [-0.05, 0) is 30.9 Å². The maximum absolute atomic E-state index is 4.05. The Hall–Kier alpha value is -0.960. The molecular weight excluding hydrogens is 162 g/mol. The fraction of sp³-hybridized carbons (Fsp3) is 0.600. The summed E-state index contributed by atoms with van der Waals surface area (Å²) in [4.78, 5) is 8.10. The lowest BCUT2D eigenvalue weighted by Gasteiger charge is -2.12. The molecule has 2 rings (SSSR count). The van der Waals surface area contributed by atoms with Gasteiger partial charge in [-0.25, -0.2) is 9.97 Å². The fourth-order valence-electron chi connectivity index (χ4n) is 1.83. The van der Waals surface area contributed by atoms with Crippen LogP contribution in [0, 0.1) is 0 Å². The van der Waals surface area contributed by atoms with E-state index >= 15 is 0 Å². The van der Waals surface area contributed by atoms with E-state index in [4.69, 9.17) is 0 Å². The van der Waals surface area contributed by atoms with Gasteiger partial charge in [0.25, 0.3) is 0 Å². The summed E-state index contributed by atoms with van der Waals surface area (Å²) in [6.45, 7) is 2.23. The summed E-state index contributed by atoms with van der Waals surface area (Å²) >= 11 is 0. The van der Waals surface area contributed by atoms with Crippen LogP contribution in [0.2, 0.25) is 0 Å². The maximum Gasteiger partial charge on any atom is 0.115 e. The summed E-state index contributed by atoms with van der Waals surface area (Å²) in [5, 5.41) is 3.44. The van der Waals surface area contributed by atoms with Crippen molar-refractivity contribution in [3.63, 3.8) is 0 Å². The molecule has 1 aromatic rings. The topological polar surface area (TPSA) is 37.8 Å². The predicted octanol–water partition coefficient (Wildman–Crippen LogP) is 1.33. The van der Waals surface area contributed by atoms with E-state index < -0.39 is 0 Å². The summed E-state index contributed by atoms with van der Waals surface area (Å²) in [6, 6.07) is 0. The molecule has 1 saturated heterocycles. The van der Waals surface area contributed by atoms with Gasteiger partial charge in [-0.2, -0.15) is 0 Å². The van der Waals surface area contributed by atoms with Gasteiger partial charge in [0.15, 0.2) is 0 Å². The first kappa shape index (κ1) is 8.63. The fourth-order valence-corrected chi connectivity index (χ4v) is 1.83. The van der Waals surface area contributed by atoms with E-state index in [9.17, 15) is 0 Å². The highest BCUT2D eigenvalue weighted by Crippen LogP contribution is 2.21. The van der Waals surface area contributed by atoms with Crippen molar-refractivity contribution in [3.05, 3.63) is 24.3 Å². The van der Waals surface area contributed by atoms with Crippen LogP contribution in [-0.4, -0.2) is 23.1 Å². The normalized spacial score (nSPS) is 23.8. The molecule has 13 heavy (non-hydrogen) atoms. The highest BCUT2D eigenvalue weighted by Gasteiger charge is 2.13. The molecule has 0 bridgehead atoms. The zero-order valence-corrected chi connectivity index (χ0v) is 7.74. The van der Waals surface area contributed by atoms with Gasteiger partial charge in [0.05, 0.1) is 0 Å². The molecule has 3 heteroatoms. The Morgan fingerprint density at radius 3 is 2.92 bits per heavy atom. The molecule has 1 aliphatic rings. The average Bonchev–Trinajstić information content (AvgIpc) is 2.47. The van der Waals surface area contributed by atoms with Crippen LogP contribution in [-0.2, 0) is 0 Å². The Morgan fingerprint density at radius 2 is 2.08 bits per heavy atom. The Balaban J connectivity index is 2.06. The maximum atomic E-state index is 4.05. The summed E-state index contributed by atoms with van der Waals surface area (Å²) < 4.78 is 0. The van der Waals surface area contributed by atoms with Gasteiger partial charge in [0.1, 0.15) is 6.33 Å². The molecule has 0 spiro atoms. The second-order valence-electron chi connectivity index (χ2n) is 3.57. The monoisotopic (exact) mass is 177 g/mol. The Bertz CT molecular complexity index is 240. The Kier molecular flexibility index (Phi) is 2.87. The van der Waals surface area contributed by atoms with E-state index in [2.05, 4.69) is 15.3 Å². The number of aromatic nitrogens is 2. The van der Waals surface area contributed by atoms with E-state index in [1.807, 2.05) is 12.4 Å². The summed E-state index contributed by atoms with van der Waals surface area (Å²) in [5.74, 6) is 0.615. The summed E-state index contributed by atoms with van der Waals surface area (Å²) in [6.07, 6.45) is 9.33. The first-order chi connectivity index (χ1) is 6.47. The van der Waals surface area contributed by atoms with Crippen molar-refractivity contribution in [2.24, 2.45) is 0 Å². The van der Waals surface area contributed by atoms with Crippen molar-refractivity contribution in [2.75, 3.05) is 13.1 Å². The van der Waals surface area contributed by atoms with Gasteiger partial charge >= 0.3 is 0 Å². The van der Waals surface area contributed by atoms with Gasteiger partial charge in [-0.3, -0.25) is 0 Å². The van der Waals surface area contributed by atoms with Gasteiger partial charge < -0.3 is 5.32 Å². The second kappa shape index (κ2) is 4.33. The van der Waals surface area contributed by atoms with E-state index in [1.165, 1.54) is 24.8 Å². The van der Waals surface area contributed by atoms with Crippen molar-refractivity contribution >= 4 is 0 Å². The van der Waals surface area contributed by atoms with Gasteiger partial charge in [0, 0.05) is 18.9 Å². The smallest absolute Gasteiger partial charge is 0.115 e. The number of nitrogens with zero attached hydrogens (tertiary/aromatic N) is 2. The molecule has 3 nitrogen and oxygen atoms in total. The predicted molar refractivity (Wildman–Crippen MR) is 51.5 cm³/mol. The van der Waals surface area contributed by atoms with E-state index in [-0.39, 0.29) is 0 Å². The molecule has 1 atom stereocenters. The summed E-state index contributed by atoms with van der Waals surface area (Å²) in [5.41, 5.74) is 1.27. The van der Waals surface area contributed by atoms with E-state index in [0.717, 1.165) is 13.1 Å². The molecule has 0 amide bonds. The van der Waals surface area contributed by atoms with Crippen molar-refractivity contribution in [1.82, 2.24) is 15.3 Å². The minimum Gasteiger partial charge on any atom is -0.316 e. The molecule has 70 valence electrons. The zero-order chi connectivity index (χ0) is 8.93. The SMILES string of the molecule is c1ncc(C2CCCCNC2)cn1. The van der Waals surface area contributed by atoms with Crippen LogP contribution in [0.3, 0.4) is 0 Å². The van der Waals surface area contributed by atoms with E-state index in [0.29, 0.717) is 5.92 Å². The molecule has 0 aromatic carbocycles. The molecule has 1 unspecified atom stereocenters. The van der Waals surface area contributed by atoms with Crippen molar-refractivity contribution in [1.29, 1.82) is 0 Å². The second-order valence-corrected chi connectivity index (χ2v) is 3.57. The Morgan fingerprint density at radius 1 is 1.23 bits per heavy atom. The largest absolute Gasteiger partial charge is 0.316 e. The van der Waals surface area contributed by atoms with Crippen LogP contribution >= 0.6 is 0 Å². The van der Waals surface area contributed by atoms with Crippen molar-refractivity contribution < 1.29 is 0 Å². The lowest BCUT2D eigenvalue weighted by atomic mass is 9.97. The molecule has 0 radical (unpaired) electrons. The van der Waals surface area contributed by atoms with Crippen LogP contribution in [0.5, 0.6) is 0 Å². The lowest BCUT2D eigenvalue weighted by Crippen LogP contribution is -2.19. The standard InChI is InChI=1S/C10H15N3/c1-2-4-11-5-9(3-1)10-6-12-8-13-7-10/h6-9,11H,1-5H2. The van der Waals surface area contributed by atoms with Gasteiger partial charge in [-0.1, -0.05) is 6.42 Å². The minimum absolute atomic E-state index is 0.615. The molecule has 0 aliphatic carbocycles. The zero-order valence-electron chi connectivity index (χ0n) is 7.74. The van der Waals surface area contributed by atoms with Crippen LogP contribution in [0.15, 0.2) is 18.7 Å². The molecular formula is C10H15N3. The highest BCUT2D eigenvalue weighted by atomic mass is 14.9. The first-order valence-corrected chi connectivity index (χ1v) is 4.92. The third kappa shape index (κ3) is 2.25. The third-order valence-corrected chi connectivity index (χ3v) is 2.60. The van der Waals surface area contributed by atoms with Gasteiger partial charge in [0.2, 0.25) is 0 Å². The minimum atomic E-state index is 0.615. The lowest BCUT2D eigenvalue weighted by molar-refractivity contribution is 0.606. The average molecular weight is 177 g/mol. The third-order valence-electron chi connectivity index (χ3n) is 2.60. The van der Waals surface area contributed by atoms with Crippen LogP contribution in [0.25, 0.3) is 0 Å². The van der Waals surface area contributed by atoms with Crippen LogP contribution < -0.4 is 5.32 Å². The molecule has 1 aromatic heterocycles. The number of hydrogen-bond acceptors (Lipinski definition) is 3. The number of nitrogens with one attached hydrogen (secondary N) is 1. The number of rotatable bonds is 1.